The van der Waals surface area contributed by atoms with E-state index in [1.54, 1.807) is 0 Å². The summed E-state index contributed by atoms with van der Waals surface area (Å²) >= 11 is 0. The van der Waals surface area contributed by atoms with Crippen LogP contribution >= 0.6 is 0 Å². The first-order valence-corrected chi connectivity index (χ1v) is 7.92. The Morgan fingerprint density at radius 3 is 2.65 bits per heavy atom. The van der Waals surface area contributed by atoms with Crippen molar-refractivity contribution in [3.63, 3.8) is 0 Å². The summed E-state index contributed by atoms with van der Waals surface area (Å²) in [6, 6.07) is 2.94. The summed E-state index contributed by atoms with van der Waals surface area (Å²) in [7, 11) is -3.51. The SMILES string of the molecule is Nc1ccc(S(=O)(=O)N2CCC(OCCO)CC2)cn1. The van der Waals surface area contributed by atoms with Crippen LogP contribution in [0.15, 0.2) is 23.2 Å². The predicted molar refractivity (Wildman–Crippen MR) is 73.5 cm³/mol. The number of sulfonamides is 1. The fourth-order valence-corrected chi connectivity index (χ4v) is 3.57. The van der Waals surface area contributed by atoms with E-state index in [0.717, 1.165) is 0 Å². The second-order valence-corrected chi connectivity index (χ2v) is 6.55. The number of hydrogen-bond acceptors (Lipinski definition) is 6. The lowest BCUT2D eigenvalue weighted by atomic mass is 10.1. The second-order valence-electron chi connectivity index (χ2n) is 4.62. The van der Waals surface area contributed by atoms with Gasteiger partial charge in [-0.3, -0.25) is 0 Å². The number of hydrogen-bond donors (Lipinski definition) is 2. The minimum atomic E-state index is -3.51. The molecule has 0 spiro atoms. The molecule has 8 heteroatoms. The van der Waals surface area contributed by atoms with E-state index >= 15 is 0 Å². The molecule has 3 N–H and O–H groups in total. The Balaban J connectivity index is 2.00. The summed E-state index contributed by atoms with van der Waals surface area (Å²) in [6.07, 6.45) is 2.54. The van der Waals surface area contributed by atoms with E-state index in [1.165, 1.54) is 22.6 Å². The van der Waals surface area contributed by atoms with Crippen molar-refractivity contribution in [1.29, 1.82) is 0 Å². The molecule has 112 valence electrons. The summed E-state index contributed by atoms with van der Waals surface area (Å²) in [6.45, 7) is 1.08. The molecule has 0 radical (unpaired) electrons. The Morgan fingerprint density at radius 1 is 1.40 bits per heavy atom. The molecule has 0 amide bonds. The van der Waals surface area contributed by atoms with Gasteiger partial charge in [-0.25, -0.2) is 13.4 Å². The molecule has 7 nitrogen and oxygen atoms in total. The van der Waals surface area contributed by atoms with Crippen molar-refractivity contribution in [3.05, 3.63) is 18.3 Å². The molecule has 0 aromatic carbocycles. The molecule has 1 aliphatic rings. The van der Waals surface area contributed by atoms with Crippen LogP contribution in [0.3, 0.4) is 0 Å². The number of nitrogens with two attached hydrogens (primary N) is 1. The van der Waals surface area contributed by atoms with Gasteiger partial charge in [-0.15, -0.1) is 0 Å². The molecule has 0 unspecified atom stereocenters. The van der Waals surface area contributed by atoms with Crippen molar-refractivity contribution in [2.75, 3.05) is 32.0 Å². The maximum Gasteiger partial charge on any atom is 0.244 e. The summed E-state index contributed by atoms with van der Waals surface area (Å²) in [5.41, 5.74) is 5.46. The van der Waals surface area contributed by atoms with Crippen LogP contribution in [0.1, 0.15) is 12.8 Å². The third kappa shape index (κ3) is 3.45. The molecule has 20 heavy (non-hydrogen) atoms. The van der Waals surface area contributed by atoms with E-state index in [9.17, 15) is 8.42 Å². The molecule has 0 atom stereocenters. The van der Waals surface area contributed by atoms with Gasteiger partial charge in [0.1, 0.15) is 10.7 Å². The van der Waals surface area contributed by atoms with Crippen molar-refractivity contribution < 1.29 is 18.3 Å². The standard InChI is InChI=1S/C12H19N3O4S/c13-12-2-1-11(9-14-12)20(17,18)15-5-3-10(4-6-15)19-8-7-16/h1-2,9-10,16H,3-8H2,(H2,13,14). The average molecular weight is 301 g/mol. The minimum absolute atomic E-state index is 0.0122. The van der Waals surface area contributed by atoms with E-state index in [2.05, 4.69) is 4.98 Å². The number of anilines is 1. The van der Waals surface area contributed by atoms with Gasteiger partial charge in [0.25, 0.3) is 0 Å². The Bertz CT molecular complexity index is 524. The molecule has 2 rings (SSSR count). The maximum absolute atomic E-state index is 12.4. The smallest absolute Gasteiger partial charge is 0.244 e. The zero-order valence-electron chi connectivity index (χ0n) is 11.1. The monoisotopic (exact) mass is 301 g/mol. The van der Waals surface area contributed by atoms with E-state index in [4.69, 9.17) is 15.6 Å². The second kappa shape index (κ2) is 6.49. The highest BCUT2D eigenvalue weighted by molar-refractivity contribution is 7.89. The van der Waals surface area contributed by atoms with E-state index in [0.29, 0.717) is 38.4 Å². The first-order valence-electron chi connectivity index (χ1n) is 6.48. The third-order valence-corrected chi connectivity index (χ3v) is 5.12. The van der Waals surface area contributed by atoms with Gasteiger partial charge < -0.3 is 15.6 Å². The molecule has 2 heterocycles. The van der Waals surface area contributed by atoms with Crippen LogP contribution in [0, 0.1) is 0 Å². The van der Waals surface area contributed by atoms with Crippen molar-refractivity contribution in [1.82, 2.24) is 9.29 Å². The molecule has 1 fully saturated rings. The van der Waals surface area contributed by atoms with E-state index in [-0.39, 0.29) is 17.6 Å². The average Bonchev–Trinajstić information content (AvgIpc) is 2.46. The fourth-order valence-electron chi connectivity index (χ4n) is 2.15. The number of nitrogen functional groups attached to an aromatic ring is 1. The highest BCUT2D eigenvalue weighted by atomic mass is 32.2. The van der Waals surface area contributed by atoms with Gasteiger partial charge in [-0.05, 0) is 25.0 Å². The molecule has 1 aromatic rings. The molecule has 1 aromatic heterocycles. The predicted octanol–water partition coefficient (Wildman–Crippen LogP) is -0.174. The number of aliphatic hydroxyl groups is 1. The Hall–Kier alpha value is -1.22. The molecule has 0 aliphatic carbocycles. The first-order chi connectivity index (χ1) is 9.54. The fraction of sp³-hybridized carbons (Fsp3) is 0.583. The highest BCUT2D eigenvalue weighted by Gasteiger charge is 2.29. The Kier molecular flexibility index (Phi) is 4.92. The highest BCUT2D eigenvalue weighted by Crippen LogP contribution is 2.21. The maximum atomic E-state index is 12.4. The zero-order valence-corrected chi connectivity index (χ0v) is 11.9. The van der Waals surface area contributed by atoms with Crippen LogP contribution in [0.4, 0.5) is 5.82 Å². The molecule has 0 bridgehead atoms. The lowest BCUT2D eigenvalue weighted by molar-refractivity contribution is 0.00318. The number of rotatable bonds is 5. The number of aromatic nitrogens is 1. The van der Waals surface area contributed by atoms with E-state index in [1.807, 2.05) is 0 Å². The quantitative estimate of drug-likeness (QED) is 0.782. The first kappa shape index (κ1) is 15.2. The summed E-state index contributed by atoms with van der Waals surface area (Å²) in [5, 5.41) is 8.70. The number of ether oxygens (including phenoxy) is 1. The van der Waals surface area contributed by atoms with Crippen molar-refractivity contribution >= 4 is 15.8 Å². The molecular weight excluding hydrogens is 282 g/mol. The van der Waals surface area contributed by atoms with Gasteiger partial charge in [0.2, 0.25) is 10.0 Å². The lowest BCUT2D eigenvalue weighted by Crippen LogP contribution is -2.41. The van der Waals surface area contributed by atoms with Gasteiger partial charge in [0, 0.05) is 19.3 Å². The number of piperidine rings is 1. The minimum Gasteiger partial charge on any atom is -0.394 e. The normalized spacial score (nSPS) is 18.2. The van der Waals surface area contributed by atoms with Crippen LogP contribution in [-0.4, -0.2) is 55.2 Å². The number of pyridine rings is 1. The third-order valence-electron chi connectivity index (χ3n) is 3.24. The molecule has 1 aliphatic heterocycles. The summed E-state index contributed by atoms with van der Waals surface area (Å²) in [4.78, 5) is 3.97. The van der Waals surface area contributed by atoms with Gasteiger partial charge in [-0.2, -0.15) is 4.31 Å². The largest absolute Gasteiger partial charge is 0.394 e. The van der Waals surface area contributed by atoms with Crippen molar-refractivity contribution in [2.24, 2.45) is 0 Å². The van der Waals surface area contributed by atoms with Gasteiger partial charge in [-0.1, -0.05) is 0 Å². The van der Waals surface area contributed by atoms with Gasteiger partial charge >= 0.3 is 0 Å². The molecular formula is C12H19N3O4S. The topological polar surface area (TPSA) is 106 Å². The van der Waals surface area contributed by atoms with E-state index < -0.39 is 10.0 Å². The summed E-state index contributed by atoms with van der Waals surface area (Å²) < 4.78 is 31.6. The van der Waals surface area contributed by atoms with Crippen LogP contribution in [0.2, 0.25) is 0 Å². The molecule has 1 saturated heterocycles. The number of nitrogens with zero attached hydrogens (tertiary/aromatic N) is 2. The van der Waals surface area contributed by atoms with Gasteiger partial charge in [0.05, 0.1) is 19.3 Å². The Morgan fingerprint density at radius 2 is 2.10 bits per heavy atom. The van der Waals surface area contributed by atoms with Crippen LogP contribution in [0.25, 0.3) is 0 Å². The number of aliphatic hydroxyl groups excluding tert-OH is 1. The van der Waals surface area contributed by atoms with Crippen LogP contribution in [-0.2, 0) is 14.8 Å². The van der Waals surface area contributed by atoms with Crippen molar-refractivity contribution in [3.8, 4) is 0 Å². The Labute approximate surface area is 118 Å². The lowest BCUT2D eigenvalue weighted by Gasteiger charge is -2.30. The molecule has 0 saturated carbocycles. The summed E-state index contributed by atoms with van der Waals surface area (Å²) in [5.74, 6) is 0.292. The van der Waals surface area contributed by atoms with Crippen LogP contribution in [0.5, 0.6) is 0 Å². The van der Waals surface area contributed by atoms with Crippen molar-refractivity contribution in [2.45, 2.75) is 23.8 Å². The van der Waals surface area contributed by atoms with Gasteiger partial charge in [0.15, 0.2) is 0 Å². The zero-order chi connectivity index (χ0) is 14.6. The van der Waals surface area contributed by atoms with Crippen LogP contribution < -0.4 is 5.73 Å².